The van der Waals surface area contributed by atoms with Crippen LogP contribution in [0.4, 0.5) is 49.6 Å². The Hall–Kier alpha value is -8.02. The fraction of sp³-hybridized carbons (Fsp3) is 0.333. The molecule has 0 unspecified atom stereocenters. The lowest BCUT2D eigenvalue weighted by Gasteiger charge is -2.40. The van der Waals surface area contributed by atoms with Crippen molar-refractivity contribution in [1.29, 1.82) is 0 Å². The second-order valence-corrected chi connectivity index (χ2v) is 22.3. The van der Waals surface area contributed by atoms with Crippen LogP contribution in [0.2, 0.25) is 0 Å². The first kappa shape index (κ1) is 54.8. The number of alkyl halides is 6. The first-order valence-electron chi connectivity index (χ1n) is 25.7. The van der Waals surface area contributed by atoms with Crippen molar-refractivity contribution < 1.29 is 55.6 Å². The van der Waals surface area contributed by atoms with Gasteiger partial charge in [0.05, 0.1) is 33.2 Å². The van der Waals surface area contributed by atoms with Crippen LogP contribution in [-0.4, -0.2) is 54.0 Å². The van der Waals surface area contributed by atoms with Gasteiger partial charge in [0.2, 0.25) is 11.9 Å². The molecular weight excluding hydrogens is 1010 g/mol. The van der Waals surface area contributed by atoms with E-state index in [0.717, 1.165) is 82.8 Å². The van der Waals surface area contributed by atoms with Crippen LogP contribution < -0.4 is 20.1 Å². The molecule has 2 heterocycles. The van der Waals surface area contributed by atoms with Crippen LogP contribution in [0, 0.1) is 22.7 Å². The summed E-state index contributed by atoms with van der Waals surface area (Å²) in [5.41, 5.74) is 8.92. The van der Waals surface area contributed by atoms with Gasteiger partial charge in [0.1, 0.15) is 11.5 Å². The zero-order valence-corrected chi connectivity index (χ0v) is 43.8. The number of anilines is 4. The van der Waals surface area contributed by atoms with Crippen LogP contribution in [0.1, 0.15) is 113 Å². The molecule has 408 valence electrons. The zero-order chi connectivity index (χ0) is 55.9. The third-order valence-corrected chi connectivity index (χ3v) is 14.5. The predicted molar refractivity (Wildman–Crippen MR) is 289 cm³/mol. The van der Waals surface area contributed by atoms with E-state index < -0.39 is 24.7 Å². The van der Waals surface area contributed by atoms with Crippen molar-refractivity contribution in [2.45, 2.75) is 105 Å². The van der Waals surface area contributed by atoms with E-state index in [4.69, 9.17) is 9.97 Å². The molecular formula is C60H60F6N6O6. The van der Waals surface area contributed by atoms with Crippen molar-refractivity contribution in [2.75, 3.05) is 10.6 Å². The number of carboxylic acid groups (broad SMARTS) is 2. The van der Waals surface area contributed by atoms with E-state index in [1.54, 1.807) is 48.5 Å². The Kier molecular flexibility index (Phi) is 15.0. The Morgan fingerprint density at radius 2 is 0.846 bits per heavy atom. The minimum Gasteiger partial charge on any atom is -0.478 e. The third kappa shape index (κ3) is 13.2. The van der Waals surface area contributed by atoms with Crippen molar-refractivity contribution in [3.63, 3.8) is 0 Å². The number of aromatic carboxylic acids is 2. The zero-order valence-electron chi connectivity index (χ0n) is 43.8. The van der Waals surface area contributed by atoms with Crippen LogP contribution in [0.15, 0.2) is 133 Å². The summed E-state index contributed by atoms with van der Waals surface area (Å²) in [5, 5.41) is 25.1. The van der Waals surface area contributed by atoms with E-state index in [-0.39, 0.29) is 45.5 Å². The molecule has 12 nitrogen and oxygen atoms in total. The number of nitrogens with zero attached hydrogens (tertiary/aromatic N) is 4. The first-order valence-corrected chi connectivity index (χ1v) is 25.7. The Morgan fingerprint density at radius 1 is 0.513 bits per heavy atom. The highest BCUT2D eigenvalue weighted by molar-refractivity contribution is 5.91. The Morgan fingerprint density at radius 3 is 1.15 bits per heavy atom. The lowest BCUT2D eigenvalue weighted by Crippen LogP contribution is -2.29. The van der Waals surface area contributed by atoms with Crippen molar-refractivity contribution in [2.24, 2.45) is 22.7 Å². The topological polar surface area (TPSA) is 153 Å². The summed E-state index contributed by atoms with van der Waals surface area (Å²) in [6, 6.07) is 37.0. The van der Waals surface area contributed by atoms with E-state index in [1.807, 2.05) is 36.4 Å². The number of fused-ring (bicyclic) bond motifs is 2. The summed E-state index contributed by atoms with van der Waals surface area (Å²) >= 11 is 0. The molecule has 78 heavy (non-hydrogen) atoms. The Balaban J connectivity index is 0.000000190. The summed E-state index contributed by atoms with van der Waals surface area (Å²) in [6.07, 6.45) is -3.33. The lowest BCUT2D eigenvalue weighted by atomic mass is 9.70. The molecule has 2 aromatic heterocycles. The second-order valence-electron chi connectivity index (χ2n) is 22.3. The van der Waals surface area contributed by atoms with E-state index >= 15 is 0 Å². The molecule has 0 spiro atoms. The molecule has 6 aromatic carbocycles. The smallest absolute Gasteiger partial charge is 0.478 e. The van der Waals surface area contributed by atoms with Crippen molar-refractivity contribution in [1.82, 2.24) is 19.1 Å². The quantitative estimate of drug-likeness (QED) is 0.0870. The number of nitrogens with one attached hydrogen (secondary N) is 2. The maximum Gasteiger partial charge on any atom is 0.573 e. The Bertz CT molecular complexity index is 3210. The second kappa shape index (κ2) is 21.4. The molecule has 2 saturated carbocycles. The van der Waals surface area contributed by atoms with Gasteiger partial charge in [-0.15, -0.1) is 26.3 Å². The van der Waals surface area contributed by atoms with Gasteiger partial charge in [-0.2, -0.15) is 0 Å². The number of benzene rings is 6. The van der Waals surface area contributed by atoms with Gasteiger partial charge >= 0.3 is 24.7 Å². The van der Waals surface area contributed by atoms with Gasteiger partial charge in [0.15, 0.2) is 0 Å². The maximum atomic E-state index is 12.6. The van der Waals surface area contributed by atoms with Gasteiger partial charge in [-0.3, -0.25) is 0 Å². The minimum atomic E-state index is -4.75. The predicted octanol–water partition coefficient (Wildman–Crippen LogP) is 16.9. The number of carbonyl (C=O) groups is 2. The van der Waals surface area contributed by atoms with E-state index in [1.165, 1.54) is 48.5 Å². The number of ether oxygens (including phenoxy) is 2. The minimum absolute atomic E-state index is 0.151. The monoisotopic (exact) mass is 1070 g/mol. The first-order chi connectivity index (χ1) is 36.7. The molecule has 4 atom stereocenters. The molecule has 0 bridgehead atoms. The van der Waals surface area contributed by atoms with Gasteiger partial charge in [-0.25, -0.2) is 19.6 Å². The number of carboxylic acids is 2. The average Bonchev–Trinajstić information content (AvgIpc) is 4.08. The van der Waals surface area contributed by atoms with E-state index in [2.05, 4.69) is 70.8 Å². The largest absolute Gasteiger partial charge is 0.573 e. The summed E-state index contributed by atoms with van der Waals surface area (Å²) < 4.78 is 88.0. The summed E-state index contributed by atoms with van der Waals surface area (Å²) in [7, 11) is 0. The lowest BCUT2D eigenvalue weighted by molar-refractivity contribution is -0.275. The number of imidazole rings is 2. The molecule has 4 N–H and O–H groups in total. The van der Waals surface area contributed by atoms with Crippen LogP contribution in [0.5, 0.6) is 11.5 Å². The number of hydrogen-bond donors (Lipinski definition) is 4. The van der Waals surface area contributed by atoms with Crippen molar-refractivity contribution in [3.8, 4) is 33.8 Å². The normalized spacial score (nSPS) is 19.1. The standard InChI is InChI=1S/2C30H30F3N3O3/c2*1-18-14-23(17-29(2,3)16-18)36-26-13-8-21(19-4-6-20(7-5-19)27(37)38)15-25(26)35-28(36)34-22-9-11-24(12-10-22)39-30(31,32)33/h2*4-13,15,18,23H,14,16-17H2,1-3H3,(H,34,35)(H,37,38)/t2*18-,23+/m10/s1. The number of hydrogen-bond acceptors (Lipinski definition) is 8. The third-order valence-electron chi connectivity index (χ3n) is 14.5. The fourth-order valence-corrected chi connectivity index (χ4v) is 11.8. The van der Waals surface area contributed by atoms with Crippen LogP contribution >= 0.6 is 0 Å². The summed E-state index contributed by atoms with van der Waals surface area (Å²) in [5.74, 6) is -0.260. The highest BCUT2D eigenvalue weighted by atomic mass is 19.4. The van der Waals surface area contributed by atoms with Crippen LogP contribution in [-0.2, 0) is 0 Å². The van der Waals surface area contributed by atoms with Crippen LogP contribution in [0.3, 0.4) is 0 Å². The van der Waals surface area contributed by atoms with Gasteiger partial charge in [0, 0.05) is 23.5 Å². The molecule has 0 radical (unpaired) electrons. The molecule has 8 aromatic rings. The molecule has 18 heteroatoms. The summed E-state index contributed by atoms with van der Waals surface area (Å²) in [6.45, 7) is 13.6. The molecule has 10 rings (SSSR count). The molecule has 2 fully saturated rings. The molecule has 2 aliphatic rings. The molecule has 0 amide bonds. The van der Waals surface area contributed by atoms with Crippen LogP contribution in [0.25, 0.3) is 44.3 Å². The van der Waals surface area contributed by atoms with E-state index in [0.29, 0.717) is 35.1 Å². The number of halogens is 6. The fourth-order valence-electron chi connectivity index (χ4n) is 11.8. The number of rotatable bonds is 12. The Labute approximate surface area is 447 Å². The summed E-state index contributed by atoms with van der Waals surface area (Å²) in [4.78, 5) is 32.3. The molecule has 2 aliphatic carbocycles. The highest BCUT2D eigenvalue weighted by Crippen LogP contribution is 2.48. The van der Waals surface area contributed by atoms with Gasteiger partial charge < -0.3 is 39.5 Å². The van der Waals surface area contributed by atoms with Gasteiger partial charge in [0.25, 0.3) is 0 Å². The molecule has 0 aliphatic heterocycles. The highest BCUT2D eigenvalue weighted by Gasteiger charge is 2.37. The van der Waals surface area contributed by atoms with Gasteiger partial charge in [-0.1, -0.05) is 77.9 Å². The molecule has 0 saturated heterocycles. The van der Waals surface area contributed by atoms with Crippen molar-refractivity contribution in [3.05, 3.63) is 145 Å². The number of aromatic nitrogens is 4. The van der Waals surface area contributed by atoms with E-state index in [9.17, 15) is 46.1 Å². The maximum absolute atomic E-state index is 12.6. The SMILES string of the molecule is C[C@@H]1C[C@H](n2c(Nc3ccc(OC(F)(F)F)cc3)nc3cc(-c4ccc(C(=O)O)cc4)ccc32)CC(C)(C)C1.C[C@H]1C[C@@H](n2c(Nc3ccc(OC(F)(F)F)cc3)nc3cc(-c4ccc(C(=O)O)cc4)ccc32)CC(C)(C)C1. The average molecular weight is 1080 g/mol. The van der Waals surface area contributed by atoms with Crippen molar-refractivity contribution >= 4 is 57.3 Å². The van der Waals surface area contributed by atoms with Gasteiger partial charge in [-0.05, 0) is 181 Å².